The molecule has 1 aliphatic heterocycles. The number of para-hydroxylation sites is 1. The van der Waals surface area contributed by atoms with Crippen LogP contribution < -0.4 is 4.90 Å². The fraction of sp³-hybridized carbons (Fsp3) is 0.349. The topological polar surface area (TPSA) is 53.4 Å². The van der Waals surface area contributed by atoms with Gasteiger partial charge in [-0.05, 0) is 83.8 Å². The van der Waals surface area contributed by atoms with Gasteiger partial charge < -0.3 is 10.0 Å². The van der Waals surface area contributed by atoms with Crippen molar-refractivity contribution in [2.45, 2.75) is 80.5 Å². The maximum Gasteiger partial charge on any atom is 0.162 e. The molecule has 4 aromatic carbocycles. The molecule has 0 spiro atoms. The van der Waals surface area contributed by atoms with Crippen molar-refractivity contribution < 1.29 is 32.7 Å². The van der Waals surface area contributed by atoms with Gasteiger partial charge in [0.1, 0.15) is 0 Å². The molecule has 0 fully saturated rings. The molecule has 5 aromatic rings. The predicted octanol–water partition coefficient (Wildman–Crippen LogP) is 12.1. The van der Waals surface area contributed by atoms with Gasteiger partial charge in [0.2, 0.25) is 0 Å². The van der Waals surface area contributed by atoms with Gasteiger partial charge >= 0.3 is 0 Å². The van der Waals surface area contributed by atoms with Gasteiger partial charge in [-0.1, -0.05) is 108 Å². The molecule has 0 saturated heterocycles. The van der Waals surface area contributed by atoms with Crippen LogP contribution in [0, 0.1) is 23.3 Å². The molecule has 2 heterocycles. The Kier molecular flexibility index (Phi) is 11.4. The number of carbonyl (C=O) groups is 1. The van der Waals surface area contributed by atoms with E-state index >= 15 is 0 Å². The molecule has 1 aliphatic rings. The molecule has 0 bridgehead atoms. The molecule has 6 rings (SSSR count). The molecule has 1 N–H and O–H groups in total. The van der Waals surface area contributed by atoms with Crippen molar-refractivity contribution in [3.8, 4) is 11.3 Å². The number of anilines is 3. The fourth-order valence-corrected chi connectivity index (χ4v) is 6.44. The van der Waals surface area contributed by atoms with Crippen LogP contribution in [-0.4, -0.2) is 15.9 Å². The minimum absolute atomic E-state index is 0. The van der Waals surface area contributed by atoms with E-state index in [-0.39, 0.29) is 43.5 Å². The van der Waals surface area contributed by atoms with Crippen LogP contribution in [-0.2, 0) is 31.3 Å². The van der Waals surface area contributed by atoms with Crippen LogP contribution in [0.2, 0.25) is 0 Å². The Labute approximate surface area is 303 Å². The SMILES string of the molecule is CCC(CC)C(=O)/C=C(\O)C(CC)CC.[2H]C([2H])(c1cc2c3c(nccc3c1)-c1[c-]c3ccccc3cc1N2c1ccccc1)C(C)(C)C.[Ir]. The molecule has 4 nitrogen and oxygen atoms in total. The van der Waals surface area contributed by atoms with Crippen LogP contribution in [0.25, 0.3) is 32.8 Å². The number of allylic oxidation sites excluding steroid dienone is 2. The monoisotopic (exact) mass is 820 g/mol. The minimum atomic E-state index is -1.51. The molecule has 253 valence electrons. The summed E-state index contributed by atoms with van der Waals surface area (Å²) in [4.78, 5) is 18.8. The first-order valence-corrected chi connectivity index (χ1v) is 17.0. The summed E-state index contributed by atoms with van der Waals surface area (Å²) in [7, 11) is 0. The van der Waals surface area contributed by atoms with E-state index in [9.17, 15) is 9.90 Å². The summed E-state index contributed by atoms with van der Waals surface area (Å²) in [5.41, 5.74) is 4.95. The van der Waals surface area contributed by atoms with Gasteiger partial charge in [-0.3, -0.25) is 9.78 Å². The van der Waals surface area contributed by atoms with Crippen molar-refractivity contribution in [3.05, 3.63) is 109 Å². The van der Waals surface area contributed by atoms with Crippen LogP contribution in [0.5, 0.6) is 0 Å². The molecule has 48 heavy (non-hydrogen) atoms. The van der Waals surface area contributed by atoms with Gasteiger partial charge in [-0.2, -0.15) is 0 Å². The maximum atomic E-state index is 11.7. The van der Waals surface area contributed by atoms with E-state index in [0.717, 1.165) is 75.5 Å². The Bertz CT molecular complexity index is 1980. The standard InChI is InChI=1S/C30H25N2.C13H24O2.Ir/c1-30(2,3)19-20-15-23-13-14-31-29-25-17-21-9-7-8-10-22(21)18-26(25)32(27(16-20)28(23)29)24-11-5-4-6-12-24;1-5-10(6-2)12(14)9-13(15)11(7-3)8-4;/h4-16,18H,19H2,1-3H3;9-11,14H,5-8H2,1-4H3;/q-1;;/b;12-9-;/i19D2;;. The maximum absolute atomic E-state index is 11.7. The second kappa shape index (κ2) is 16.1. The van der Waals surface area contributed by atoms with E-state index in [1.165, 1.54) is 6.08 Å². The summed E-state index contributed by atoms with van der Waals surface area (Å²) in [6, 6.07) is 30.4. The zero-order valence-electron chi connectivity index (χ0n) is 31.2. The summed E-state index contributed by atoms with van der Waals surface area (Å²) in [6.07, 6.45) is 5.21. The van der Waals surface area contributed by atoms with E-state index in [0.29, 0.717) is 5.56 Å². The Hall–Kier alpha value is -3.79. The van der Waals surface area contributed by atoms with Gasteiger partial charge in [0.05, 0.1) is 5.76 Å². The molecule has 0 saturated carbocycles. The Morgan fingerprint density at radius 1 is 0.875 bits per heavy atom. The molecule has 1 aromatic heterocycles. The zero-order chi connectivity index (χ0) is 35.5. The molecule has 5 heteroatoms. The summed E-state index contributed by atoms with van der Waals surface area (Å²) in [5, 5.41) is 13.9. The van der Waals surface area contributed by atoms with Crippen molar-refractivity contribution in [3.63, 3.8) is 0 Å². The number of benzene rings is 4. The van der Waals surface area contributed by atoms with Crippen LogP contribution >= 0.6 is 0 Å². The normalized spacial score (nSPS) is 13.4. The number of hydrogen-bond acceptors (Lipinski definition) is 4. The van der Waals surface area contributed by atoms with E-state index in [4.69, 9.17) is 7.73 Å². The van der Waals surface area contributed by atoms with Crippen molar-refractivity contribution >= 4 is 44.4 Å². The van der Waals surface area contributed by atoms with E-state index in [1.54, 1.807) is 0 Å². The number of fused-ring (bicyclic) bond motifs is 3. The average molecular weight is 820 g/mol. The summed E-state index contributed by atoms with van der Waals surface area (Å²) < 4.78 is 18.0. The number of aliphatic hydroxyl groups is 1. The smallest absolute Gasteiger partial charge is 0.162 e. The van der Waals surface area contributed by atoms with E-state index in [1.807, 2.05) is 103 Å². The van der Waals surface area contributed by atoms with Gasteiger partial charge in [0, 0.05) is 64.0 Å². The third-order valence-corrected chi connectivity index (χ3v) is 8.95. The molecule has 0 aliphatic carbocycles. The number of pyridine rings is 1. The zero-order valence-corrected chi connectivity index (χ0v) is 31.6. The Morgan fingerprint density at radius 2 is 1.52 bits per heavy atom. The Balaban J connectivity index is 0.000000301. The van der Waals surface area contributed by atoms with Crippen LogP contribution in [0.4, 0.5) is 17.1 Å². The second-order valence-electron chi connectivity index (χ2n) is 13.4. The quantitative estimate of drug-likeness (QED) is 0.0897. The van der Waals surface area contributed by atoms with Gasteiger partial charge in [0.15, 0.2) is 5.78 Å². The first-order valence-electron chi connectivity index (χ1n) is 18.0. The van der Waals surface area contributed by atoms with Crippen molar-refractivity contribution in [2.75, 3.05) is 4.90 Å². The Morgan fingerprint density at radius 3 is 2.17 bits per heavy atom. The molecular weight excluding hydrogens is 769 g/mol. The first-order chi connectivity index (χ1) is 23.4. The second-order valence-corrected chi connectivity index (χ2v) is 13.4. The number of ketones is 1. The first kappa shape index (κ1) is 34.1. The van der Waals surface area contributed by atoms with Crippen LogP contribution in [0.3, 0.4) is 0 Å². The number of rotatable bonds is 9. The predicted molar refractivity (Wildman–Crippen MR) is 199 cm³/mol. The fourth-order valence-electron chi connectivity index (χ4n) is 6.44. The molecule has 0 amide bonds. The minimum Gasteiger partial charge on any atom is -0.512 e. The molecule has 1 radical (unpaired) electrons. The van der Waals surface area contributed by atoms with Crippen LogP contribution in [0.1, 0.15) is 82.5 Å². The van der Waals surface area contributed by atoms with Gasteiger partial charge in [-0.15, -0.1) is 17.5 Å². The third kappa shape index (κ3) is 8.08. The van der Waals surface area contributed by atoms with Crippen molar-refractivity contribution in [2.24, 2.45) is 17.3 Å². The van der Waals surface area contributed by atoms with Gasteiger partial charge in [0.25, 0.3) is 0 Å². The summed E-state index contributed by atoms with van der Waals surface area (Å²) in [5.74, 6) is 0.547. The van der Waals surface area contributed by atoms with Crippen molar-refractivity contribution in [1.82, 2.24) is 4.98 Å². The number of aromatic nitrogens is 1. The number of nitrogens with zero attached hydrogens (tertiary/aromatic N) is 2. The molecule has 0 unspecified atom stereocenters. The molecule has 0 atom stereocenters. The number of hydrogen-bond donors (Lipinski definition) is 1. The largest absolute Gasteiger partial charge is 0.512 e. The number of carbonyl (C=O) groups excluding carboxylic acids is 1. The van der Waals surface area contributed by atoms with Gasteiger partial charge in [-0.25, -0.2) is 0 Å². The third-order valence-electron chi connectivity index (χ3n) is 8.95. The van der Waals surface area contributed by atoms with Crippen molar-refractivity contribution in [1.29, 1.82) is 0 Å². The van der Waals surface area contributed by atoms with E-state index in [2.05, 4.69) is 41.3 Å². The average Bonchev–Trinajstić information content (AvgIpc) is 3.09. The van der Waals surface area contributed by atoms with Crippen LogP contribution in [0.15, 0.2) is 96.9 Å². The summed E-state index contributed by atoms with van der Waals surface area (Å²) in [6.45, 7) is 13.9. The summed E-state index contributed by atoms with van der Waals surface area (Å²) >= 11 is 0. The molecular formula is C43H49IrN2O2-. The van der Waals surface area contributed by atoms with E-state index < -0.39 is 11.8 Å². The number of aliphatic hydroxyl groups excluding tert-OH is 1.